The molecule has 148 valence electrons. The molecule has 4 nitrogen and oxygen atoms in total. The molecule has 0 aliphatic rings. The standard InChI is InChI=1S/C12H19IN2.C10H7IN2/c1-14-7-5-10-3-4-12(13)9-11(10)6-8-15-2;11-10-2-1-8(3-5-12)9(7-10)4-6-13/h3-4,9,14-15H,5-8H2,1-2H3;1-2,7H,3-4H2. The Bertz CT molecular complexity index is 822. The molecule has 0 saturated heterocycles. The van der Waals surface area contributed by atoms with E-state index in [1.165, 1.54) is 14.7 Å². The van der Waals surface area contributed by atoms with Gasteiger partial charge in [-0.1, -0.05) is 12.1 Å². The van der Waals surface area contributed by atoms with Gasteiger partial charge < -0.3 is 10.6 Å². The van der Waals surface area contributed by atoms with Gasteiger partial charge in [-0.05, 0) is 132 Å². The third-order valence-corrected chi connectivity index (χ3v) is 5.51. The first-order valence-corrected chi connectivity index (χ1v) is 11.3. The topological polar surface area (TPSA) is 71.6 Å². The Morgan fingerprint density at radius 2 is 1.18 bits per heavy atom. The van der Waals surface area contributed by atoms with Gasteiger partial charge in [-0.2, -0.15) is 10.5 Å². The Morgan fingerprint density at radius 3 is 1.71 bits per heavy atom. The summed E-state index contributed by atoms with van der Waals surface area (Å²) in [4.78, 5) is 0. The van der Waals surface area contributed by atoms with Crippen molar-refractivity contribution in [1.82, 2.24) is 10.6 Å². The first kappa shape index (κ1) is 24.8. The second kappa shape index (κ2) is 14.7. The quantitative estimate of drug-likeness (QED) is 0.445. The molecule has 0 amide bonds. The average molecular weight is 600 g/mol. The van der Waals surface area contributed by atoms with Gasteiger partial charge in [0.15, 0.2) is 0 Å². The Balaban J connectivity index is 0.000000283. The lowest BCUT2D eigenvalue weighted by molar-refractivity contribution is 0.760. The Kier molecular flexibility index (Phi) is 13.1. The minimum Gasteiger partial charge on any atom is -0.319 e. The third kappa shape index (κ3) is 9.33. The molecule has 0 fully saturated rings. The number of likely N-dealkylation sites (N-methyl/N-ethyl adjacent to an activating group) is 2. The highest BCUT2D eigenvalue weighted by Gasteiger charge is 2.03. The Hall–Kier alpha value is -1.20. The number of hydrogen-bond donors (Lipinski definition) is 2. The lowest BCUT2D eigenvalue weighted by Gasteiger charge is -2.10. The fourth-order valence-corrected chi connectivity index (χ4v) is 3.80. The molecule has 0 bridgehead atoms. The number of rotatable bonds is 8. The van der Waals surface area contributed by atoms with Crippen molar-refractivity contribution in [2.75, 3.05) is 27.2 Å². The summed E-state index contributed by atoms with van der Waals surface area (Å²) in [6.45, 7) is 2.10. The molecule has 0 saturated carbocycles. The molecule has 0 heterocycles. The van der Waals surface area contributed by atoms with Gasteiger partial charge >= 0.3 is 0 Å². The molecule has 2 rings (SSSR count). The molecule has 0 atom stereocenters. The van der Waals surface area contributed by atoms with Crippen LogP contribution in [-0.2, 0) is 25.7 Å². The third-order valence-electron chi connectivity index (χ3n) is 4.16. The molecule has 0 aromatic heterocycles. The van der Waals surface area contributed by atoms with Crippen molar-refractivity contribution >= 4 is 45.2 Å². The van der Waals surface area contributed by atoms with E-state index in [4.69, 9.17) is 10.5 Å². The van der Waals surface area contributed by atoms with E-state index in [1.54, 1.807) is 0 Å². The number of nitrogens with zero attached hydrogens (tertiary/aromatic N) is 2. The van der Waals surface area contributed by atoms with E-state index in [9.17, 15) is 0 Å². The summed E-state index contributed by atoms with van der Waals surface area (Å²) in [5.74, 6) is 0. The summed E-state index contributed by atoms with van der Waals surface area (Å²) in [6, 6.07) is 16.7. The van der Waals surface area contributed by atoms with E-state index >= 15 is 0 Å². The summed E-state index contributed by atoms with van der Waals surface area (Å²) in [5.41, 5.74) is 4.88. The van der Waals surface area contributed by atoms with Crippen LogP contribution in [0.2, 0.25) is 0 Å². The van der Waals surface area contributed by atoms with E-state index in [0.717, 1.165) is 40.6 Å². The molecular formula is C22H26I2N4. The van der Waals surface area contributed by atoms with Crippen molar-refractivity contribution in [2.24, 2.45) is 0 Å². The predicted molar refractivity (Wildman–Crippen MR) is 132 cm³/mol. The minimum absolute atomic E-state index is 0.383. The summed E-state index contributed by atoms with van der Waals surface area (Å²) in [6.07, 6.45) is 3.00. The Morgan fingerprint density at radius 1 is 0.714 bits per heavy atom. The molecule has 2 aromatic rings. The molecule has 0 spiro atoms. The van der Waals surface area contributed by atoms with Gasteiger partial charge in [0.25, 0.3) is 0 Å². The van der Waals surface area contributed by atoms with E-state index in [2.05, 4.69) is 86.2 Å². The largest absolute Gasteiger partial charge is 0.319 e. The Labute approximate surface area is 196 Å². The van der Waals surface area contributed by atoms with Crippen LogP contribution in [0.5, 0.6) is 0 Å². The fraction of sp³-hybridized carbons (Fsp3) is 0.364. The highest BCUT2D eigenvalue weighted by atomic mass is 127. The zero-order chi connectivity index (χ0) is 20.8. The molecule has 2 aromatic carbocycles. The van der Waals surface area contributed by atoms with E-state index < -0.39 is 0 Å². The van der Waals surface area contributed by atoms with Crippen molar-refractivity contribution in [3.8, 4) is 12.1 Å². The zero-order valence-electron chi connectivity index (χ0n) is 16.4. The molecular weight excluding hydrogens is 574 g/mol. The second-order valence-corrected chi connectivity index (χ2v) is 8.69. The highest BCUT2D eigenvalue weighted by Crippen LogP contribution is 2.15. The number of nitrogens with one attached hydrogen (secondary N) is 2. The summed E-state index contributed by atoms with van der Waals surface area (Å²) in [5, 5.41) is 23.5. The first-order valence-electron chi connectivity index (χ1n) is 9.13. The number of benzene rings is 2. The van der Waals surface area contributed by atoms with Crippen LogP contribution in [0.1, 0.15) is 22.3 Å². The van der Waals surface area contributed by atoms with Gasteiger partial charge in [0.2, 0.25) is 0 Å². The van der Waals surface area contributed by atoms with Crippen LogP contribution < -0.4 is 10.6 Å². The van der Waals surface area contributed by atoms with Crippen LogP contribution in [-0.4, -0.2) is 27.2 Å². The lowest BCUT2D eigenvalue weighted by Crippen LogP contribution is -2.14. The van der Waals surface area contributed by atoms with Crippen molar-refractivity contribution in [2.45, 2.75) is 25.7 Å². The zero-order valence-corrected chi connectivity index (χ0v) is 20.7. The molecule has 2 N–H and O–H groups in total. The van der Waals surface area contributed by atoms with E-state index in [0.29, 0.717) is 12.8 Å². The number of nitriles is 2. The van der Waals surface area contributed by atoms with Crippen LogP contribution >= 0.6 is 45.2 Å². The van der Waals surface area contributed by atoms with Crippen molar-refractivity contribution < 1.29 is 0 Å². The highest BCUT2D eigenvalue weighted by molar-refractivity contribution is 14.1. The van der Waals surface area contributed by atoms with Crippen LogP contribution in [0.4, 0.5) is 0 Å². The van der Waals surface area contributed by atoms with Crippen LogP contribution in [0.15, 0.2) is 36.4 Å². The molecule has 0 unspecified atom stereocenters. The van der Waals surface area contributed by atoms with Gasteiger partial charge in [-0.15, -0.1) is 0 Å². The maximum absolute atomic E-state index is 8.57. The fourth-order valence-electron chi connectivity index (χ4n) is 2.69. The average Bonchev–Trinajstić information content (AvgIpc) is 2.68. The van der Waals surface area contributed by atoms with Gasteiger partial charge in [0, 0.05) is 7.14 Å². The van der Waals surface area contributed by atoms with Crippen molar-refractivity contribution in [3.63, 3.8) is 0 Å². The maximum Gasteiger partial charge on any atom is 0.0669 e. The molecule has 6 heteroatoms. The lowest BCUT2D eigenvalue weighted by atomic mass is 10.0. The van der Waals surface area contributed by atoms with Gasteiger partial charge in [-0.3, -0.25) is 0 Å². The van der Waals surface area contributed by atoms with Crippen LogP contribution in [0.25, 0.3) is 0 Å². The summed E-state index contributed by atoms with van der Waals surface area (Å²) in [7, 11) is 4.00. The van der Waals surface area contributed by atoms with E-state index in [-0.39, 0.29) is 0 Å². The number of halogens is 2. The van der Waals surface area contributed by atoms with Crippen LogP contribution in [0, 0.1) is 29.8 Å². The van der Waals surface area contributed by atoms with Crippen molar-refractivity contribution in [1.29, 1.82) is 10.5 Å². The SMILES string of the molecule is CNCCc1ccc(I)cc1CCNC.N#CCc1ccc(I)cc1CC#N. The second-order valence-electron chi connectivity index (χ2n) is 6.20. The first-order chi connectivity index (χ1) is 13.5. The summed E-state index contributed by atoms with van der Waals surface area (Å²) < 4.78 is 2.43. The predicted octanol–water partition coefficient (Wildman–Crippen LogP) is 4.24. The minimum atomic E-state index is 0.383. The summed E-state index contributed by atoms with van der Waals surface area (Å²) >= 11 is 4.57. The normalized spacial score (nSPS) is 9.79. The number of hydrogen-bond acceptors (Lipinski definition) is 4. The molecule has 0 aliphatic heterocycles. The van der Waals surface area contributed by atoms with Crippen LogP contribution in [0.3, 0.4) is 0 Å². The maximum atomic E-state index is 8.57. The van der Waals surface area contributed by atoms with Gasteiger partial charge in [0.1, 0.15) is 0 Å². The molecule has 0 aliphatic carbocycles. The molecule has 0 radical (unpaired) electrons. The molecule has 28 heavy (non-hydrogen) atoms. The van der Waals surface area contributed by atoms with E-state index in [1.807, 2.05) is 32.3 Å². The van der Waals surface area contributed by atoms with Gasteiger partial charge in [-0.25, -0.2) is 0 Å². The monoisotopic (exact) mass is 600 g/mol. The smallest absolute Gasteiger partial charge is 0.0669 e. The van der Waals surface area contributed by atoms with Gasteiger partial charge in [0.05, 0.1) is 25.0 Å². The van der Waals surface area contributed by atoms with Crippen molar-refractivity contribution in [3.05, 3.63) is 65.8 Å².